The fourth-order valence-corrected chi connectivity index (χ4v) is 1.09. The number of rotatable bonds is 9. The van der Waals surface area contributed by atoms with Crippen LogP contribution in [0.15, 0.2) is 0 Å². The van der Waals surface area contributed by atoms with E-state index < -0.39 is 0 Å². The minimum Gasteiger partial charge on any atom is -0.375 e. The first-order chi connectivity index (χ1) is 8.51. The zero-order valence-corrected chi connectivity index (χ0v) is 10.8. The molecule has 0 saturated heterocycles. The van der Waals surface area contributed by atoms with Crippen molar-refractivity contribution in [3.05, 3.63) is 0 Å². The number of nitrogens with one attached hydrogen (secondary N) is 2. The molecule has 0 heterocycles. The SMILES string of the molecule is CC(OCCC(=O)NN)C(C)OCCC(=O)NN. The molecule has 0 aliphatic heterocycles. The van der Waals surface area contributed by atoms with E-state index in [0.29, 0.717) is 0 Å². The van der Waals surface area contributed by atoms with Gasteiger partial charge in [-0.2, -0.15) is 0 Å². The summed E-state index contributed by atoms with van der Waals surface area (Å²) < 4.78 is 10.8. The molecule has 18 heavy (non-hydrogen) atoms. The van der Waals surface area contributed by atoms with Crippen LogP contribution in [0.2, 0.25) is 0 Å². The average Bonchev–Trinajstić information content (AvgIpc) is 2.37. The predicted octanol–water partition coefficient (Wildman–Crippen LogP) is -1.44. The van der Waals surface area contributed by atoms with Gasteiger partial charge in [0.05, 0.1) is 38.3 Å². The summed E-state index contributed by atoms with van der Waals surface area (Å²) in [6, 6.07) is 0. The Balaban J connectivity index is 3.65. The zero-order valence-electron chi connectivity index (χ0n) is 10.8. The Kier molecular flexibility index (Phi) is 9.11. The van der Waals surface area contributed by atoms with E-state index in [4.69, 9.17) is 21.2 Å². The predicted molar refractivity (Wildman–Crippen MR) is 64.7 cm³/mol. The van der Waals surface area contributed by atoms with Crippen molar-refractivity contribution >= 4 is 11.8 Å². The van der Waals surface area contributed by atoms with Crippen molar-refractivity contribution in [1.29, 1.82) is 0 Å². The minimum absolute atomic E-state index is 0.184. The van der Waals surface area contributed by atoms with Gasteiger partial charge >= 0.3 is 0 Å². The van der Waals surface area contributed by atoms with E-state index in [1.165, 1.54) is 0 Å². The van der Waals surface area contributed by atoms with E-state index >= 15 is 0 Å². The minimum atomic E-state index is -0.282. The lowest BCUT2D eigenvalue weighted by Crippen LogP contribution is -2.33. The normalized spacial score (nSPS) is 13.8. The molecule has 0 bridgehead atoms. The molecule has 0 aromatic heterocycles. The molecule has 2 amide bonds. The summed E-state index contributed by atoms with van der Waals surface area (Å²) in [5.41, 5.74) is 4.03. The quantitative estimate of drug-likeness (QED) is 0.229. The number of carbonyl (C=O) groups excluding carboxylic acids is 2. The summed E-state index contributed by atoms with van der Waals surface area (Å²) in [4.78, 5) is 21.7. The summed E-state index contributed by atoms with van der Waals surface area (Å²) in [6.45, 7) is 4.18. The van der Waals surface area contributed by atoms with Crippen molar-refractivity contribution in [2.45, 2.75) is 38.9 Å². The third-order valence-corrected chi connectivity index (χ3v) is 2.40. The largest absolute Gasteiger partial charge is 0.375 e. The molecule has 0 fully saturated rings. The third-order valence-electron chi connectivity index (χ3n) is 2.40. The molecule has 0 aromatic carbocycles. The monoisotopic (exact) mass is 262 g/mol. The van der Waals surface area contributed by atoms with Crippen molar-refractivity contribution in [2.75, 3.05) is 13.2 Å². The van der Waals surface area contributed by atoms with Crippen molar-refractivity contribution in [3.8, 4) is 0 Å². The molecule has 0 radical (unpaired) electrons. The fraction of sp³-hybridized carbons (Fsp3) is 0.800. The summed E-state index contributed by atoms with van der Waals surface area (Å²) in [7, 11) is 0. The van der Waals surface area contributed by atoms with Gasteiger partial charge in [0.15, 0.2) is 0 Å². The first-order valence-electron chi connectivity index (χ1n) is 5.73. The van der Waals surface area contributed by atoms with Crippen LogP contribution in [-0.2, 0) is 19.1 Å². The van der Waals surface area contributed by atoms with Crippen LogP contribution < -0.4 is 22.5 Å². The zero-order chi connectivity index (χ0) is 14.0. The van der Waals surface area contributed by atoms with Gasteiger partial charge in [-0.05, 0) is 13.8 Å². The number of nitrogens with two attached hydrogens (primary N) is 2. The van der Waals surface area contributed by atoms with Crippen LogP contribution >= 0.6 is 0 Å². The van der Waals surface area contributed by atoms with Gasteiger partial charge in [0.1, 0.15) is 0 Å². The number of ether oxygens (including phenoxy) is 2. The highest BCUT2D eigenvalue weighted by Gasteiger charge is 2.14. The summed E-state index contributed by atoms with van der Waals surface area (Å²) >= 11 is 0. The van der Waals surface area contributed by atoms with Crippen molar-refractivity contribution < 1.29 is 19.1 Å². The molecule has 0 aliphatic rings. The van der Waals surface area contributed by atoms with Crippen LogP contribution in [0.4, 0.5) is 0 Å². The highest BCUT2D eigenvalue weighted by Crippen LogP contribution is 2.04. The van der Waals surface area contributed by atoms with E-state index in [1.54, 1.807) is 0 Å². The lowest BCUT2D eigenvalue weighted by Gasteiger charge is -2.20. The van der Waals surface area contributed by atoms with Crippen LogP contribution in [0, 0.1) is 0 Å². The second kappa shape index (κ2) is 9.77. The highest BCUT2D eigenvalue weighted by atomic mass is 16.5. The maximum absolute atomic E-state index is 10.8. The van der Waals surface area contributed by atoms with E-state index in [1.807, 2.05) is 24.7 Å². The topological polar surface area (TPSA) is 129 Å². The van der Waals surface area contributed by atoms with E-state index in [-0.39, 0.29) is 50.1 Å². The van der Waals surface area contributed by atoms with Gasteiger partial charge in [0.2, 0.25) is 11.8 Å². The van der Waals surface area contributed by atoms with Gasteiger partial charge in [-0.25, -0.2) is 11.7 Å². The Bertz CT molecular complexity index is 236. The molecule has 2 atom stereocenters. The molecule has 2 unspecified atom stereocenters. The number of carbonyl (C=O) groups is 2. The Morgan fingerprint density at radius 2 is 1.28 bits per heavy atom. The molecule has 8 heteroatoms. The van der Waals surface area contributed by atoms with Crippen LogP contribution in [0.1, 0.15) is 26.7 Å². The maximum atomic E-state index is 10.8. The van der Waals surface area contributed by atoms with Gasteiger partial charge in [0, 0.05) is 0 Å². The Morgan fingerprint density at radius 1 is 0.944 bits per heavy atom. The molecule has 0 aromatic rings. The number of amides is 2. The second-order valence-corrected chi connectivity index (χ2v) is 3.79. The van der Waals surface area contributed by atoms with Crippen molar-refractivity contribution in [3.63, 3.8) is 0 Å². The maximum Gasteiger partial charge on any atom is 0.236 e. The molecule has 0 saturated carbocycles. The van der Waals surface area contributed by atoms with Crippen LogP contribution in [0.5, 0.6) is 0 Å². The van der Waals surface area contributed by atoms with E-state index in [2.05, 4.69) is 0 Å². The molecular formula is C10H22N4O4. The van der Waals surface area contributed by atoms with Gasteiger partial charge in [-0.3, -0.25) is 20.4 Å². The Hall–Kier alpha value is -1.22. The summed E-state index contributed by atoms with van der Waals surface area (Å²) in [5, 5.41) is 0. The van der Waals surface area contributed by atoms with Crippen LogP contribution in [0.25, 0.3) is 0 Å². The molecule has 0 spiro atoms. The molecule has 6 N–H and O–H groups in total. The smallest absolute Gasteiger partial charge is 0.236 e. The Labute approximate surface area is 106 Å². The summed E-state index contributed by atoms with van der Waals surface area (Å²) in [6.07, 6.45) is 0.0275. The second-order valence-electron chi connectivity index (χ2n) is 3.79. The number of hydrogen-bond donors (Lipinski definition) is 4. The van der Waals surface area contributed by atoms with Gasteiger partial charge < -0.3 is 9.47 Å². The molecule has 106 valence electrons. The average molecular weight is 262 g/mol. The lowest BCUT2D eigenvalue weighted by atomic mass is 10.2. The number of hydrazine groups is 2. The first kappa shape index (κ1) is 16.8. The number of hydrogen-bond acceptors (Lipinski definition) is 6. The van der Waals surface area contributed by atoms with Gasteiger partial charge in [-0.1, -0.05) is 0 Å². The Morgan fingerprint density at radius 3 is 1.56 bits per heavy atom. The van der Waals surface area contributed by atoms with Crippen LogP contribution in [-0.4, -0.2) is 37.2 Å². The molecule has 0 rings (SSSR count). The standard InChI is InChI=1S/C10H22N4O4/c1-7(17-5-3-9(15)13-11)8(2)18-6-4-10(16)14-12/h7-8H,3-6,11-12H2,1-2H3,(H,13,15)(H,14,16). The molecule has 0 aliphatic carbocycles. The molecule has 8 nitrogen and oxygen atoms in total. The van der Waals surface area contributed by atoms with Crippen molar-refractivity contribution in [2.24, 2.45) is 11.7 Å². The van der Waals surface area contributed by atoms with E-state index in [9.17, 15) is 9.59 Å². The van der Waals surface area contributed by atoms with E-state index in [0.717, 1.165) is 0 Å². The molecular weight excluding hydrogens is 240 g/mol. The highest BCUT2D eigenvalue weighted by molar-refractivity contribution is 5.75. The fourth-order valence-electron chi connectivity index (χ4n) is 1.09. The first-order valence-corrected chi connectivity index (χ1v) is 5.73. The third kappa shape index (κ3) is 7.96. The van der Waals surface area contributed by atoms with Gasteiger partial charge in [-0.15, -0.1) is 0 Å². The van der Waals surface area contributed by atoms with Gasteiger partial charge in [0.25, 0.3) is 0 Å². The van der Waals surface area contributed by atoms with Crippen LogP contribution in [0.3, 0.4) is 0 Å². The lowest BCUT2D eigenvalue weighted by molar-refractivity contribution is -0.126. The summed E-state index contributed by atoms with van der Waals surface area (Å²) in [5.74, 6) is 9.29. The van der Waals surface area contributed by atoms with Crippen molar-refractivity contribution in [1.82, 2.24) is 10.9 Å².